The molecule has 0 bridgehead atoms. The molecule has 134 valence electrons. The molecule has 5 nitrogen and oxygen atoms in total. The van der Waals surface area contributed by atoms with Crippen LogP contribution in [0.4, 0.5) is 17.5 Å². The lowest BCUT2D eigenvalue weighted by atomic mass is 10.1. The van der Waals surface area contributed by atoms with E-state index in [0.29, 0.717) is 5.95 Å². The molecule has 26 heavy (non-hydrogen) atoms. The van der Waals surface area contributed by atoms with Gasteiger partial charge in [-0.05, 0) is 67.3 Å². The summed E-state index contributed by atoms with van der Waals surface area (Å²) in [5.74, 6) is 2.27. The molecule has 2 N–H and O–H groups in total. The molecule has 0 spiro atoms. The Morgan fingerprint density at radius 3 is 2.50 bits per heavy atom. The predicted molar refractivity (Wildman–Crippen MR) is 106 cm³/mol. The van der Waals surface area contributed by atoms with Crippen LogP contribution >= 0.6 is 0 Å². The van der Waals surface area contributed by atoms with Gasteiger partial charge in [0.05, 0.1) is 7.11 Å². The van der Waals surface area contributed by atoms with Crippen LogP contribution in [-0.4, -0.2) is 23.6 Å². The number of hydrogen-bond acceptors (Lipinski definition) is 5. The topological polar surface area (TPSA) is 59.1 Å². The van der Waals surface area contributed by atoms with Crippen LogP contribution < -0.4 is 15.4 Å². The molecule has 2 aromatic carbocycles. The zero-order valence-corrected chi connectivity index (χ0v) is 15.4. The molecule has 0 aliphatic carbocycles. The maximum Gasteiger partial charge on any atom is 0.229 e. The monoisotopic (exact) mass is 348 g/mol. The molecule has 1 heterocycles. The first-order valence-corrected chi connectivity index (χ1v) is 8.68. The van der Waals surface area contributed by atoms with E-state index in [2.05, 4.69) is 58.7 Å². The van der Waals surface area contributed by atoms with Gasteiger partial charge in [0.2, 0.25) is 5.95 Å². The van der Waals surface area contributed by atoms with Crippen LogP contribution in [0.1, 0.15) is 16.7 Å². The van der Waals surface area contributed by atoms with Crippen LogP contribution in [0.15, 0.2) is 54.7 Å². The summed E-state index contributed by atoms with van der Waals surface area (Å²) in [4.78, 5) is 8.82. The molecule has 0 aliphatic rings. The van der Waals surface area contributed by atoms with Gasteiger partial charge < -0.3 is 15.4 Å². The maximum absolute atomic E-state index is 5.18. The second-order valence-corrected chi connectivity index (χ2v) is 6.21. The fraction of sp³-hybridized carbons (Fsp3) is 0.238. The Kier molecular flexibility index (Phi) is 5.69. The Hall–Kier alpha value is -3.08. The van der Waals surface area contributed by atoms with E-state index < -0.39 is 0 Å². The number of rotatable bonds is 7. The summed E-state index contributed by atoms with van der Waals surface area (Å²) >= 11 is 0. The summed E-state index contributed by atoms with van der Waals surface area (Å²) in [7, 11) is 1.68. The molecule has 0 radical (unpaired) electrons. The number of aromatic nitrogens is 2. The second-order valence-electron chi connectivity index (χ2n) is 6.21. The molecule has 5 heteroatoms. The van der Waals surface area contributed by atoms with Crippen molar-refractivity contribution >= 4 is 17.5 Å². The summed E-state index contributed by atoms with van der Waals surface area (Å²) in [6.45, 7) is 4.99. The number of anilines is 3. The van der Waals surface area contributed by atoms with Crippen LogP contribution in [0.5, 0.6) is 5.75 Å². The summed E-state index contributed by atoms with van der Waals surface area (Å²) in [6, 6.07) is 16.2. The molecule has 0 unspecified atom stereocenters. The molecule has 3 aromatic rings. The average molecular weight is 348 g/mol. The highest BCUT2D eigenvalue weighted by atomic mass is 16.5. The third kappa shape index (κ3) is 4.72. The molecule has 0 atom stereocenters. The van der Waals surface area contributed by atoms with Gasteiger partial charge in [0.15, 0.2) is 0 Å². The summed E-state index contributed by atoms with van der Waals surface area (Å²) in [5.41, 5.74) is 4.75. The highest BCUT2D eigenvalue weighted by molar-refractivity contribution is 5.56. The van der Waals surface area contributed by atoms with Crippen molar-refractivity contribution < 1.29 is 4.74 Å². The zero-order valence-electron chi connectivity index (χ0n) is 15.4. The number of hydrogen-bond donors (Lipinski definition) is 2. The summed E-state index contributed by atoms with van der Waals surface area (Å²) < 4.78 is 5.18. The number of ether oxygens (including phenoxy) is 1. The van der Waals surface area contributed by atoms with Crippen molar-refractivity contribution in [3.05, 3.63) is 71.4 Å². The standard InChI is InChI=1S/C21H24N4O/c1-15-4-7-18(14-16(15)2)24-21-23-13-11-20(25-21)22-12-10-17-5-8-19(26-3)9-6-17/h4-9,11,13-14H,10,12H2,1-3H3,(H2,22,23,24,25). The molecule has 1 aromatic heterocycles. The highest BCUT2D eigenvalue weighted by Gasteiger charge is 2.02. The lowest BCUT2D eigenvalue weighted by Crippen LogP contribution is -2.07. The van der Waals surface area contributed by atoms with Gasteiger partial charge in [-0.1, -0.05) is 18.2 Å². The summed E-state index contributed by atoms with van der Waals surface area (Å²) in [6.07, 6.45) is 2.67. The molecule has 0 amide bonds. The van der Waals surface area contributed by atoms with Crippen LogP contribution in [0, 0.1) is 13.8 Å². The molecule has 0 aliphatic heterocycles. The third-order valence-electron chi connectivity index (χ3n) is 4.30. The Balaban J connectivity index is 1.57. The first-order valence-electron chi connectivity index (χ1n) is 8.68. The van der Waals surface area contributed by atoms with E-state index in [1.807, 2.05) is 24.3 Å². The van der Waals surface area contributed by atoms with Gasteiger partial charge in [-0.25, -0.2) is 4.98 Å². The quantitative estimate of drug-likeness (QED) is 0.658. The number of aryl methyl sites for hydroxylation is 2. The molecule has 3 rings (SSSR count). The van der Waals surface area contributed by atoms with E-state index in [9.17, 15) is 0 Å². The van der Waals surface area contributed by atoms with Gasteiger partial charge in [-0.3, -0.25) is 0 Å². The lowest BCUT2D eigenvalue weighted by Gasteiger charge is -2.10. The van der Waals surface area contributed by atoms with Gasteiger partial charge in [-0.2, -0.15) is 4.98 Å². The van der Waals surface area contributed by atoms with Crippen molar-refractivity contribution in [2.24, 2.45) is 0 Å². The Morgan fingerprint density at radius 2 is 1.77 bits per heavy atom. The first-order chi connectivity index (χ1) is 12.6. The fourth-order valence-corrected chi connectivity index (χ4v) is 2.59. The number of nitrogens with one attached hydrogen (secondary N) is 2. The van der Waals surface area contributed by atoms with Gasteiger partial charge in [-0.15, -0.1) is 0 Å². The molecule has 0 saturated heterocycles. The predicted octanol–water partition coefficient (Wildman–Crippen LogP) is 4.50. The van der Waals surface area contributed by atoms with Crippen LogP contribution in [0.2, 0.25) is 0 Å². The zero-order chi connectivity index (χ0) is 18.4. The Labute approximate surface area is 154 Å². The van der Waals surface area contributed by atoms with Crippen LogP contribution in [0.25, 0.3) is 0 Å². The summed E-state index contributed by atoms with van der Waals surface area (Å²) in [5, 5.41) is 6.60. The van der Waals surface area contributed by atoms with Gasteiger partial charge >= 0.3 is 0 Å². The van der Waals surface area contributed by atoms with E-state index in [0.717, 1.165) is 30.2 Å². The highest BCUT2D eigenvalue weighted by Crippen LogP contribution is 2.18. The minimum absolute atomic E-state index is 0.586. The average Bonchev–Trinajstić information content (AvgIpc) is 2.66. The lowest BCUT2D eigenvalue weighted by molar-refractivity contribution is 0.414. The smallest absolute Gasteiger partial charge is 0.229 e. The fourth-order valence-electron chi connectivity index (χ4n) is 2.59. The van der Waals surface area contributed by atoms with Gasteiger partial charge in [0.25, 0.3) is 0 Å². The van der Waals surface area contributed by atoms with Crippen molar-refractivity contribution in [1.82, 2.24) is 9.97 Å². The molecule has 0 saturated carbocycles. The van der Waals surface area contributed by atoms with E-state index in [-0.39, 0.29) is 0 Å². The number of benzene rings is 2. The molecule has 0 fully saturated rings. The maximum atomic E-state index is 5.18. The molecular formula is C21H24N4O. The minimum atomic E-state index is 0.586. The van der Waals surface area contributed by atoms with Gasteiger partial charge in [0.1, 0.15) is 11.6 Å². The van der Waals surface area contributed by atoms with Gasteiger partial charge in [0, 0.05) is 18.4 Å². The normalized spacial score (nSPS) is 10.4. The van der Waals surface area contributed by atoms with Crippen molar-refractivity contribution in [3.8, 4) is 5.75 Å². The minimum Gasteiger partial charge on any atom is -0.497 e. The van der Waals surface area contributed by atoms with E-state index in [1.165, 1.54) is 16.7 Å². The Bertz CT molecular complexity index is 862. The van der Waals surface area contributed by atoms with Crippen LogP contribution in [-0.2, 0) is 6.42 Å². The molecular weight excluding hydrogens is 324 g/mol. The van der Waals surface area contributed by atoms with Crippen LogP contribution in [0.3, 0.4) is 0 Å². The van der Waals surface area contributed by atoms with Crippen molar-refractivity contribution in [2.75, 3.05) is 24.3 Å². The van der Waals surface area contributed by atoms with E-state index >= 15 is 0 Å². The number of nitrogens with zero attached hydrogens (tertiary/aromatic N) is 2. The third-order valence-corrected chi connectivity index (χ3v) is 4.30. The number of methoxy groups -OCH3 is 1. The SMILES string of the molecule is COc1ccc(CCNc2ccnc(Nc3ccc(C)c(C)c3)n2)cc1. The second kappa shape index (κ2) is 8.34. The van der Waals surface area contributed by atoms with Crippen molar-refractivity contribution in [1.29, 1.82) is 0 Å². The Morgan fingerprint density at radius 1 is 0.962 bits per heavy atom. The largest absolute Gasteiger partial charge is 0.497 e. The first kappa shape index (κ1) is 17.7. The van der Waals surface area contributed by atoms with Crippen molar-refractivity contribution in [2.45, 2.75) is 20.3 Å². The van der Waals surface area contributed by atoms with E-state index in [4.69, 9.17) is 4.74 Å². The van der Waals surface area contributed by atoms with Crippen molar-refractivity contribution in [3.63, 3.8) is 0 Å². The van der Waals surface area contributed by atoms with E-state index in [1.54, 1.807) is 13.3 Å².